The number of amides is 2. The van der Waals surface area contributed by atoms with E-state index in [9.17, 15) is 18.4 Å². The lowest BCUT2D eigenvalue weighted by Gasteiger charge is -2.09. The fourth-order valence-electron chi connectivity index (χ4n) is 1.21. The number of hydrogen-bond acceptors (Lipinski definition) is 3. The Morgan fingerprint density at radius 2 is 2.00 bits per heavy atom. The Labute approximate surface area is 107 Å². The van der Waals surface area contributed by atoms with Gasteiger partial charge in [0.2, 0.25) is 0 Å². The third-order valence-corrected chi connectivity index (χ3v) is 2.19. The lowest BCUT2D eigenvalue weighted by molar-refractivity contribution is -0.146. The third-order valence-electron chi connectivity index (χ3n) is 2.19. The largest absolute Gasteiger partial charge is 0.479 e. The van der Waals surface area contributed by atoms with Gasteiger partial charge < -0.3 is 20.8 Å². The molecule has 1 aromatic rings. The van der Waals surface area contributed by atoms with Gasteiger partial charge in [-0.1, -0.05) is 6.07 Å². The van der Waals surface area contributed by atoms with Gasteiger partial charge >= 0.3 is 12.0 Å². The van der Waals surface area contributed by atoms with Crippen LogP contribution in [0.25, 0.3) is 0 Å². The minimum absolute atomic E-state index is 0.129. The summed E-state index contributed by atoms with van der Waals surface area (Å²) in [5.41, 5.74) is -0.337. The normalized spacial score (nSPS) is 11.7. The molecule has 1 atom stereocenters. The SMILES string of the molecule is O=C(NCCC(O)C(=O)O)Nc1cccc(F)c1F. The Balaban J connectivity index is 2.43. The Morgan fingerprint density at radius 1 is 1.32 bits per heavy atom. The number of carboxylic acids is 1. The average molecular weight is 274 g/mol. The molecule has 0 saturated carbocycles. The number of aliphatic carboxylic acids is 1. The van der Waals surface area contributed by atoms with E-state index < -0.39 is 29.7 Å². The van der Waals surface area contributed by atoms with Gasteiger partial charge in [0.25, 0.3) is 0 Å². The number of carbonyl (C=O) groups is 2. The van der Waals surface area contributed by atoms with Crippen LogP contribution in [-0.4, -0.2) is 34.9 Å². The summed E-state index contributed by atoms with van der Waals surface area (Å²) in [6.45, 7) is -0.129. The molecule has 0 aliphatic carbocycles. The first-order valence-corrected chi connectivity index (χ1v) is 5.31. The molecule has 0 aliphatic heterocycles. The van der Waals surface area contributed by atoms with Gasteiger partial charge in [-0.05, 0) is 12.1 Å². The van der Waals surface area contributed by atoms with Crippen molar-refractivity contribution in [3.63, 3.8) is 0 Å². The predicted molar refractivity (Wildman–Crippen MR) is 61.6 cm³/mol. The molecular weight excluding hydrogens is 262 g/mol. The summed E-state index contributed by atoms with van der Waals surface area (Å²) in [7, 11) is 0. The first-order valence-electron chi connectivity index (χ1n) is 5.31. The summed E-state index contributed by atoms with van der Waals surface area (Å²) in [5.74, 6) is -3.69. The number of rotatable bonds is 5. The van der Waals surface area contributed by atoms with Gasteiger partial charge in [-0.15, -0.1) is 0 Å². The Morgan fingerprint density at radius 3 is 2.63 bits per heavy atom. The monoisotopic (exact) mass is 274 g/mol. The van der Waals surface area contributed by atoms with Crippen LogP contribution in [0.2, 0.25) is 0 Å². The lowest BCUT2D eigenvalue weighted by Crippen LogP contribution is -2.33. The van der Waals surface area contributed by atoms with E-state index in [1.54, 1.807) is 0 Å². The van der Waals surface area contributed by atoms with E-state index in [0.717, 1.165) is 6.07 Å². The Hall–Kier alpha value is -2.22. The number of carbonyl (C=O) groups excluding carboxylic acids is 1. The van der Waals surface area contributed by atoms with Crippen molar-refractivity contribution in [3.8, 4) is 0 Å². The van der Waals surface area contributed by atoms with Gasteiger partial charge in [-0.3, -0.25) is 0 Å². The van der Waals surface area contributed by atoms with Crippen LogP contribution in [-0.2, 0) is 4.79 Å². The second-order valence-electron chi connectivity index (χ2n) is 3.62. The number of carboxylic acid groups (broad SMARTS) is 1. The van der Waals surface area contributed by atoms with Crippen LogP contribution in [0.4, 0.5) is 19.3 Å². The molecule has 104 valence electrons. The van der Waals surface area contributed by atoms with Crippen LogP contribution in [0, 0.1) is 11.6 Å². The number of halogens is 2. The molecule has 0 radical (unpaired) electrons. The lowest BCUT2D eigenvalue weighted by atomic mass is 10.2. The maximum atomic E-state index is 13.2. The van der Waals surface area contributed by atoms with Crippen LogP contribution in [0.15, 0.2) is 18.2 Å². The second-order valence-corrected chi connectivity index (χ2v) is 3.62. The quantitative estimate of drug-likeness (QED) is 0.641. The van der Waals surface area contributed by atoms with E-state index in [1.807, 2.05) is 0 Å². The van der Waals surface area contributed by atoms with Crippen molar-refractivity contribution in [2.45, 2.75) is 12.5 Å². The smallest absolute Gasteiger partial charge is 0.332 e. The Bertz CT molecular complexity index is 482. The second kappa shape index (κ2) is 6.64. The van der Waals surface area contributed by atoms with Crippen molar-refractivity contribution in [1.82, 2.24) is 5.32 Å². The van der Waals surface area contributed by atoms with Crippen LogP contribution in [0.1, 0.15) is 6.42 Å². The minimum atomic E-state index is -1.59. The first kappa shape index (κ1) is 14.8. The molecule has 6 nitrogen and oxygen atoms in total. The van der Waals surface area contributed by atoms with Crippen LogP contribution in [0.5, 0.6) is 0 Å². The van der Waals surface area contributed by atoms with Gasteiger partial charge in [0.15, 0.2) is 17.7 Å². The van der Waals surface area contributed by atoms with Gasteiger partial charge in [0.1, 0.15) is 0 Å². The molecule has 4 N–H and O–H groups in total. The molecular formula is C11H12F2N2O4. The fourth-order valence-corrected chi connectivity index (χ4v) is 1.21. The topological polar surface area (TPSA) is 98.7 Å². The molecule has 0 aliphatic rings. The van der Waals surface area contributed by atoms with Crippen LogP contribution in [0.3, 0.4) is 0 Å². The molecule has 0 bridgehead atoms. The molecule has 2 amide bonds. The third kappa shape index (κ3) is 4.51. The zero-order chi connectivity index (χ0) is 14.4. The first-order chi connectivity index (χ1) is 8.91. The zero-order valence-corrected chi connectivity index (χ0v) is 9.69. The molecule has 1 unspecified atom stereocenters. The van der Waals surface area contributed by atoms with Crippen molar-refractivity contribution in [1.29, 1.82) is 0 Å². The van der Waals surface area contributed by atoms with Crippen molar-refractivity contribution in [3.05, 3.63) is 29.8 Å². The molecule has 0 spiro atoms. The van der Waals surface area contributed by atoms with Crippen LogP contribution < -0.4 is 10.6 Å². The van der Waals surface area contributed by atoms with Crippen LogP contribution >= 0.6 is 0 Å². The number of benzene rings is 1. The van der Waals surface area contributed by atoms with Gasteiger partial charge in [-0.25, -0.2) is 18.4 Å². The molecule has 0 heterocycles. The molecule has 0 aromatic heterocycles. The molecule has 1 aromatic carbocycles. The Kier molecular flexibility index (Phi) is 5.19. The highest BCUT2D eigenvalue weighted by Gasteiger charge is 2.14. The van der Waals surface area contributed by atoms with E-state index in [-0.39, 0.29) is 18.7 Å². The van der Waals surface area contributed by atoms with Crippen molar-refractivity contribution >= 4 is 17.7 Å². The summed E-state index contributed by atoms with van der Waals surface area (Å²) < 4.78 is 26.0. The summed E-state index contributed by atoms with van der Waals surface area (Å²) in [6, 6.07) is 2.47. The standard InChI is InChI=1S/C11H12F2N2O4/c12-6-2-1-3-7(9(6)13)15-11(19)14-5-4-8(16)10(17)18/h1-3,8,16H,4-5H2,(H,17,18)(H2,14,15,19). The number of hydrogen-bond donors (Lipinski definition) is 4. The van der Waals surface area contributed by atoms with E-state index in [2.05, 4.69) is 10.6 Å². The number of urea groups is 1. The number of aliphatic hydroxyl groups is 1. The number of nitrogens with one attached hydrogen (secondary N) is 2. The minimum Gasteiger partial charge on any atom is -0.479 e. The molecule has 8 heteroatoms. The highest BCUT2D eigenvalue weighted by atomic mass is 19.2. The molecule has 19 heavy (non-hydrogen) atoms. The summed E-state index contributed by atoms with van der Waals surface area (Å²) in [4.78, 5) is 21.6. The molecule has 0 fully saturated rings. The zero-order valence-electron chi connectivity index (χ0n) is 9.69. The van der Waals surface area contributed by atoms with E-state index in [4.69, 9.17) is 10.2 Å². The van der Waals surface area contributed by atoms with Crippen molar-refractivity contribution < 1.29 is 28.6 Å². The summed E-state index contributed by atoms with van der Waals surface area (Å²) in [6.07, 6.45) is -1.79. The van der Waals surface area contributed by atoms with Gasteiger partial charge in [-0.2, -0.15) is 0 Å². The molecule has 1 rings (SSSR count). The average Bonchev–Trinajstić information content (AvgIpc) is 2.34. The van der Waals surface area contributed by atoms with E-state index >= 15 is 0 Å². The maximum absolute atomic E-state index is 13.2. The van der Waals surface area contributed by atoms with E-state index in [0.29, 0.717) is 0 Å². The highest BCUT2D eigenvalue weighted by molar-refractivity contribution is 5.89. The molecule has 0 saturated heterocycles. The van der Waals surface area contributed by atoms with Crippen molar-refractivity contribution in [2.24, 2.45) is 0 Å². The van der Waals surface area contributed by atoms with Gasteiger partial charge in [0, 0.05) is 13.0 Å². The predicted octanol–water partition coefficient (Wildman–Crippen LogP) is 0.922. The number of aliphatic hydroxyl groups excluding tert-OH is 1. The van der Waals surface area contributed by atoms with E-state index in [1.165, 1.54) is 12.1 Å². The maximum Gasteiger partial charge on any atom is 0.332 e. The highest BCUT2D eigenvalue weighted by Crippen LogP contribution is 2.16. The summed E-state index contributed by atoms with van der Waals surface area (Å²) >= 11 is 0. The van der Waals surface area contributed by atoms with Gasteiger partial charge in [0.05, 0.1) is 5.69 Å². The number of anilines is 1. The summed E-state index contributed by atoms with van der Waals surface area (Å²) in [5, 5.41) is 21.6. The van der Waals surface area contributed by atoms with Crippen molar-refractivity contribution in [2.75, 3.05) is 11.9 Å². The fraction of sp³-hybridized carbons (Fsp3) is 0.273.